The van der Waals surface area contributed by atoms with Gasteiger partial charge in [-0.15, -0.1) is 0 Å². The van der Waals surface area contributed by atoms with Gasteiger partial charge in [0.2, 0.25) is 5.88 Å². The van der Waals surface area contributed by atoms with Gasteiger partial charge in [-0.25, -0.2) is 4.98 Å². The molecule has 0 aliphatic rings. The van der Waals surface area contributed by atoms with Gasteiger partial charge in [-0.3, -0.25) is 0 Å². The summed E-state index contributed by atoms with van der Waals surface area (Å²) in [7, 11) is 0. The predicted molar refractivity (Wildman–Crippen MR) is 75.9 cm³/mol. The molecule has 0 aliphatic heterocycles. The van der Waals surface area contributed by atoms with Crippen LogP contribution in [-0.4, -0.2) is 18.1 Å². The van der Waals surface area contributed by atoms with Crippen molar-refractivity contribution in [2.45, 2.75) is 47.1 Å². The van der Waals surface area contributed by atoms with E-state index in [0.717, 1.165) is 44.1 Å². The van der Waals surface area contributed by atoms with Crippen LogP contribution in [0, 0.1) is 5.92 Å². The minimum absolute atomic E-state index is 0.667. The lowest BCUT2D eigenvalue weighted by molar-refractivity contribution is 0.278. The van der Waals surface area contributed by atoms with E-state index in [-0.39, 0.29) is 0 Å². The number of ether oxygens (including phenoxy) is 1. The molecule has 0 saturated heterocycles. The van der Waals surface area contributed by atoms with Gasteiger partial charge in [-0.05, 0) is 36.9 Å². The number of hydrogen-bond donors (Lipinski definition) is 1. The summed E-state index contributed by atoms with van der Waals surface area (Å²) in [6, 6.07) is 4.19. The van der Waals surface area contributed by atoms with Gasteiger partial charge in [0, 0.05) is 18.3 Å². The van der Waals surface area contributed by atoms with Crippen LogP contribution in [0.25, 0.3) is 0 Å². The first-order chi connectivity index (χ1) is 8.65. The highest BCUT2D eigenvalue weighted by Gasteiger charge is 2.03. The van der Waals surface area contributed by atoms with E-state index in [4.69, 9.17) is 4.74 Å². The van der Waals surface area contributed by atoms with Gasteiger partial charge >= 0.3 is 0 Å². The second kappa shape index (κ2) is 8.09. The summed E-state index contributed by atoms with van der Waals surface area (Å²) in [6.45, 7) is 11.3. The molecule has 1 heterocycles. The summed E-state index contributed by atoms with van der Waals surface area (Å²) in [6.07, 6.45) is 2.01. The van der Waals surface area contributed by atoms with Crippen LogP contribution in [0.15, 0.2) is 12.1 Å². The number of hydrogen-bond acceptors (Lipinski definition) is 3. The summed E-state index contributed by atoms with van der Waals surface area (Å²) in [4.78, 5) is 4.51. The van der Waals surface area contributed by atoms with Gasteiger partial charge in [0.05, 0.1) is 6.61 Å². The highest BCUT2D eigenvalue weighted by Crippen LogP contribution is 2.14. The van der Waals surface area contributed by atoms with Crippen LogP contribution in [0.2, 0.25) is 0 Å². The van der Waals surface area contributed by atoms with Crippen molar-refractivity contribution in [3.63, 3.8) is 0 Å². The van der Waals surface area contributed by atoms with Gasteiger partial charge < -0.3 is 10.1 Å². The average molecular weight is 250 g/mol. The first-order valence-corrected chi connectivity index (χ1v) is 6.99. The largest absolute Gasteiger partial charge is 0.478 e. The van der Waals surface area contributed by atoms with Crippen molar-refractivity contribution in [3.8, 4) is 5.88 Å². The van der Waals surface area contributed by atoms with Crippen molar-refractivity contribution < 1.29 is 4.74 Å². The molecule has 0 radical (unpaired) electrons. The molecule has 0 aromatic carbocycles. The molecule has 0 atom stereocenters. The van der Waals surface area contributed by atoms with Crippen molar-refractivity contribution in [2.75, 3.05) is 13.2 Å². The monoisotopic (exact) mass is 250 g/mol. The lowest BCUT2D eigenvalue weighted by Gasteiger charge is -2.11. The molecule has 0 aliphatic carbocycles. The number of aryl methyl sites for hydroxylation is 1. The van der Waals surface area contributed by atoms with E-state index in [2.05, 4.69) is 44.1 Å². The molecule has 0 saturated carbocycles. The van der Waals surface area contributed by atoms with Crippen LogP contribution in [-0.2, 0) is 13.0 Å². The Morgan fingerprint density at radius 3 is 2.67 bits per heavy atom. The molecule has 0 bridgehead atoms. The van der Waals surface area contributed by atoms with Gasteiger partial charge in [0.15, 0.2) is 0 Å². The molecule has 1 aromatic rings. The molecule has 3 heteroatoms. The molecule has 102 valence electrons. The van der Waals surface area contributed by atoms with E-state index in [1.54, 1.807) is 0 Å². The summed E-state index contributed by atoms with van der Waals surface area (Å²) < 4.78 is 5.74. The fourth-order valence-corrected chi connectivity index (χ4v) is 1.65. The third-order valence-corrected chi connectivity index (χ3v) is 2.80. The average Bonchev–Trinajstić information content (AvgIpc) is 2.35. The summed E-state index contributed by atoms with van der Waals surface area (Å²) in [5.74, 6) is 1.43. The van der Waals surface area contributed by atoms with E-state index in [1.165, 1.54) is 5.56 Å². The minimum atomic E-state index is 0.667. The molecule has 0 amide bonds. The maximum Gasteiger partial charge on any atom is 0.213 e. The second-order valence-electron chi connectivity index (χ2n) is 4.97. The van der Waals surface area contributed by atoms with E-state index >= 15 is 0 Å². The normalized spacial score (nSPS) is 10.9. The Bertz CT molecular complexity index is 350. The Labute approximate surface area is 111 Å². The summed E-state index contributed by atoms with van der Waals surface area (Å²) >= 11 is 0. The summed E-state index contributed by atoms with van der Waals surface area (Å²) in [5.41, 5.74) is 2.35. The third kappa shape index (κ3) is 5.50. The molecule has 1 aromatic heterocycles. The van der Waals surface area contributed by atoms with Crippen LogP contribution >= 0.6 is 0 Å². The van der Waals surface area contributed by atoms with Crippen molar-refractivity contribution in [1.29, 1.82) is 0 Å². The maximum atomic E-state index is 5.74. The zero-order chi connectivity index (χ0) is 13.4. The van der Waals surface area contributed by atoms with E-state index in [1.807, 2.05) is 6.07 Å². The van der Waals surface area contributed by atoms with Gasteiger partial charge in [0.25, 0.3) is 0 Å². The van der Waals surface area contributed by atoms with Gasteiger partial charge in [-0.1, -0.05) is 27.7 Å². The van der Waals surface area contributed by atoms with Gasteiger partial charge in [-0.2, -0.15) is 0 Å². The van der Waals surface area contributed by atoms with Crippen LogP contribution in [0.1, 0.15) is 45.4 Å². The van der Waals surface area contributed by atoms with Crippen LogP contribution in [0.4, 0.5) is 0 Å². The zero-order valence-corrected chi connectivity index (χ0v) is 12.1. The Balaban J connectivity index is 2.64. The molecule has 0 fully saturated rings. The molecule has 1 N–H and O–H groups in total. The predicted octanol–water partition coefficient (Wildman–Crippen LogP) is 3.18. The molecule has 0 unspecified atom stereocenters. The number of aromatic nitrogens is 1. The number of pyridine rings is 1. The van der Waals surface area contributed by atoms with E-state index in [0.29, 0.717) is 5.92 Å². The van der Waals surface area contributed by atoms with Crippen molar-refractivity contribution >= 4 is 0 Å². The standard InChI is InChI=1S/C15H26N2O/c1-5-14-9-13(11-16-6-2)10-15(17-14)18-8-7-12(3)4/h9-10,12,16H,5-8,11H2,1-4H3. The smallest absolute Gasteiger partial charge is 0.213 e. The fourth-order valence-electron chi connectivity index (χ4n) is 1.65. The highest BCUT2D eigenvalue weighted by atomic mass is 16.5. The van der Waals surface area contributed by atoms with Crippen molar-refractivity contribution in [1.82, 2.24) is 10.3 Å². The van der Waals surface area contributed by atoms with E-state index < -0.39 is 0 Å². The molecule has 3 nitrogen and oxygen atoms in total. The van der Waals surface area contributed by atoms with Crippen LogP contribution in [0.5, 0.6) is 5.88 Å². The second-order valence-corrected chi connectivity index (χ2v) is 4.97. The minimum Gasteiger partial charge on any atom is -0.478 e. The molecule has 0 spiro atoms. The third-order valence-electron chi connectivity index (χ3n) is 2.80. The Morgan fingerprint density at radius 1 is 1.28 bits per heavy atom. The Kier molecular flexibility index (Phi) is 6.73. The molecule has 1 rings (SSSR count). The fraction of sp³-hybridized carbons (Fsp3) is 0.667. The topological polar surface area (TPSA) is 34.2 Å². The van der Waals surface area contributed by atoms with Gasteiger partial charge in [0.1, 0.15) is 0 Å². The van der Waals surface area contributed by atoms with Crippen molar-refractivity contribution in [2.24, 2.45) is 5.92 Å². The SMILES string of the molecule is CCNCc1cc(CC)nc(OCCC(C)C)c1. The van der Waals surface area contributed by atoms with Crippen molar-refractivity contribution in [3.05, 3.63) is 23.4 Å². The maximum absolute atomic E-state index is 5.74. The number of nitrogens with one attached hydrogen (secondary N) is 1. The first-order valence-electron chi connectivity index (χ1n) is 6.99. The Hall–Kier alpha value is -1.09. The molecule has 18 heavy (non-hydrogen) atoms. The quantitative estimate of drug-likeness (QED) is 0.769. The molecular formula is C15H26N2O. The zero-order valence-electron chi connectivity index (χ0n) is 12.1. The highest BCUT2D eigenvalue weighted by molar-refractivity contribution is 5.25. The van der Waals surface area contributed by atoms with Crippen LogP contribution in [0.3, 0.4) is 0 Å². The molecular weight excluding hydrogens is 224 g/mol. The first kappa shape index (κ1) is 15.0. The lowest BCUT2D eigenvalue weighted by Crippen LogP contribution is -2.12. The Morgan fingerprint density at radius 2 is 2.06 bits per heavy atom. The summed E-state index contributed by atoms with van der Waals surface area (Å²) in [5, 5.41) is 3.33. The number of nitrogens with zero attached hydrogens (tertiary/aromatic N) is 1. The van der Waals surface area contributed by atoms with E-state index in [9.17, 15) is 0 Å². The number of rotatable bonds is 8. The lowest BCUT2D eigenvalue weighted by atomic mass is 10.1. The van der Waals surface area contributed by atoms with Crippen LogP contribution < -0.4 is 10.1 Å².